The molecule has 0 heterocycles. The van der Waals surface area contributed by atoms with Gasteiger partial charge in [-0.05, 0) is 25.0 Å². The number of rotatable bonds is 6. The van der Waals surface area contributed by atoms with E-state index in [1.54, 1.807) is 55.6 Å². The number of aliphatic hydroxyl groups is 1. The fraction of sp³-hybridized carbons (Fsp3) is 0.316. The number of hydrogen-bond donors (Lipinski definition) is 2. The highest BCUT2D eigenvalue weighted by Crippen LogP contribution is 2.30. The summed E-state index contributed by atoms with van der Waals surface area (Å²) in [6.45, 7) is 4.04. The summed E-state index contributed by atoms with van der Waals surface area (Å²) < 4.78 is 5.32. The summed E-state index contributed by atoms with van der Waals surface area (Å²) in [4.78, 5) is 12.8. The first-order valence-corrected chi connectivity index (χ1v) is 7.57. The molecular formula is C19H23NO3. The third-order valence-corrected chi connectivity index (χ3v) is 3.94. The molecule has 122 valence electrons. The molecule has 0 aliphatic carbocycles. The minimum absolute atomic E-state index is 0.296. The van der Waals surface area contributed by atoms with E-state index in [9.17, 15) is 9.90 Å². The van der Waals surface area contributed by atoms with Crippen molar-refractivity contribution in [1.29, 1.82) is 0 Å². The summed E-state index contributed by atoms with van der Waals surface area (Å²) in [5.41, 5.74) is -1.20. The maximum absolute atomic E-state index is 12.8. The Kier molecular flexibility index (Phi) is 5.19. The minimum Gasteiger partial charge on any atom is -0.377 e. The van der Waals surface area contributed by atoms with Gasteiger partial charge >= 0.3 is 0 Å². The molecule has 23 heavy (non-hydrogen) atoms. The second kappa shape index (κ2) is 6.94. The van der Waals surface area contributed by atoms with Gasteiger partial charge < -0.3 is 15.2 Å². The van der Waals surface area contributed by atoms with Gasteiger partial charge in [0.15, 0.2) is 5.60 Å². The van der Waals surface area contributed by atoms with Gasteiger partial charge in [0.1, 0.15) is 0 Å². The van der Waals surface area contributed by atoms with Crippen molar-refractivity contribution in [3.8, 4) is 0 Å². The monoisotopic (exact) mass is 313 g/mol. The molecule has 0 spiro atoms. The van der Waals surface area contributed by atoms with Gasteiger partial charge in [0.25, 0.3) is 5.91 Å². The highest BCUT2D eigenvalue weighted by molar-refractivity contribution is 5.90. The average Bonchev–Trinajstić information content (AvgIpc) is 2.60. The van der Waals surface area contributed by atoms with Gasteiger partial charge in [-0.2, -0.15) is 0 Å². The van der Waals surface area contributed by atoms with Gasteiger partial charge in [-0.1, -0.05) is 60.7 Å². The second-order valence-electron chi connectivity index (χ2n) is 6.09. The molecule has 0 fully saturated rings. The number of nitrogens with one attached hydrogen (secondary N) is 1. The molecule has 0 saturated heterocycles. The summed E-state index contributed by atoms with van der Waals surface area (Å²) >= 11 is 0. The fourth-order valence-corrected chi connectivity index (χ4v) is 2.28. The molecule has 2 aromatic carbocycles. The number of methoxy groups -OCH3 is 1. The summed E-state index contributed by atoms with van der Waals surface area (Å²) in [5.74, 6) is -0.472. The molecule has 2 N–H and O–H groups in total. The van der Waals surface area contributed by atoms with Crippen molar-refractivity contribution in [2.24, 2.45) is 0 Å². The van der Waals surface area contributed by atoms with Crippen LogP contribution in [0.4, 0.5) is 0 Å². The van der Waals surface area contributed by atoms with Crippen molar-refractivity contribution in [2.45, 2.75) is 25.0 Å². The lowest BCUT2D eigenvalue weighted by atomic mass is 9.85. The number of carbonyl (C=O) groups is 1. The van der Waals surface area contributed by atoms with Crippen LogP contribution in [0.25, 0.3) is 0 Å². The van der Waals surface area contributed by atoms with Crippen molar-refractivity contribution in [3.05, 3.63) is 71.8 Å². The Morgan fingerprint density at radius 1 is 1.00 bits per heavy atom. The largest absolute Gasteiger partial charge is 0.377 e. The van der Waals surface area contributed by atoms with Gasteiger partial charge in [-0.25, -0.2) is 0 Å². The van der Waals surface area contributed by atoms with Crippen molar-refractivity contribution >= 4 is 5.91 Å². The van der Waals surface area contributed by atoms with Gasteiger partial charge in [0.05, 0.1) is 5.60 Å². The Balaban J connectivity index is 2.37. The Morgan fingerprint density at radius 2 is 1.43 bits per heavy atom. The molecule has 0 aliphatic heterocycles. The maximum atomic E-state index is 12.8. The zero-order valence-corrected chi connectivity index (χ0v) is 13.7. The Morgan fingerprint density at radius 3 is 1.83 bits per heavy atom. The lowest BCUT2D eigenvalue weighted by Crippen LogP contribution is -2.49. The molecule has 1 amide bonds. The molecule has 0 bridgehead atoms. The van der Waals surface area contributed by atoms with E-state index in [4.69, 9.17) is 4.74 Å². The van der Waals surface area contributed by atoms with Crippen LogP contribution >= 0.6 is 0 Å². The second-order valence-corrected chi connectivity index (χ2v) is 6.09. The summed E-state index contributed by atoms with van der Waals surface area (Å²) in [6.07, 6.45) is 0. The molecular weight excluding hydrogens is 290 g/mol. The lowest BCUT2D eigenvalue weighted by molar-refractivity contribution is -0.138. The molecule has 0 aromatic heterocycles. The van der Waals surface area contributed by atoms with Crippen LogP contribution in [0.1, 0.15) is 25.0 Å². The summed E-state index contributed by atoms with van der Waals surface area (Å²) in [6, 6.07) is 17.9. The number of benzene rings is 2. The minimum atomic E-state index is -1.74. The van der Waals surface area contributed by atoms with E-state index >= 15 is 0 Å². The van der Waals surface area contributed by atoms with E-state index in [2.05, 4.69) is 5.32 Å². The smallest absolute Gasteiger partial charge is 0.261 e. The zero-order valence-electron chi connectivity index (χ0n) is 13.7. The third-order valence-electron chi connectivity index (χ3n) is 3.94. The van der Waals surface area contributed by atoms with E-state index < -0.39 is 17.1 Å². The Labute approximate surface area is 137 Å². The number of carbonyl (C=O) groups excluding carboxylic acids is 1. The highest BCUT2D eigenvalue weighted by atomic mass is 16.5. The van der Waals surface area contributed by atoms with Crippen LogP contribution in [0.15, 0.2) is 60.7 Å². The molecule has 4 heteroatoms. The van der Waals surface area contributed by atoms with E-state index in [-0.39, 0.29) is 0 Å². The quantitative estimate of drug-likeness (QED) is 0.861. The molecule has 0 saturated carbocycles. The van der Waals surface area contributed by atoms with Crippen LogP contribution < -0.4 is 5.32 Å². The molecule has 2 aromatic rings. The van der Waals surface area contributed by atoms with Crippen LogP contribution in [0.3, 0.4) is 0 Å². The van der Waals surface area contributed by atoms with Gasteiger partial charge in [-0.3, -0.25) is 4.79 Å². The normalized spacial score (nSPS) is 12.0. The molecule has 4 nitrogen and oxygen atoms in total. The van der Waals surface area contributed by atoms with E-state index in [1.807, 2.05) is 26.0 Å². The number of amides is 1. The molecule has 0 unspecified atom stereocenters. The topological polar surface area (TPSA) is 58.6 Å². The van der Waals surface area contributed by atoms with Gasteiger partial charge in [-0.15, -0.1) is 0 Å². The van der Waals surface area contributed by atoms with Crippen molar-refractivity contribution < 1.29 is 14.6 Å². The van der Waals surface area contributed by atoms with Crippen molar-refractivity contribution in [3.63, 3.8) is 0 Å². The molecule has 0 atom stereocenters. The lowest BCUT2D eigenvalue weighted by Gasteiger charge is -2.30. The van der Waals surface area contributed by atoms with Crippen LogP contribution in [0.2, 0.25) is 0 Å². The predicted octanol–water partition coefficient (Wildman–Crippen LogP) is 2.46. The van der Waals surface area contributed by atoms with Crippen LogP contribution in [-0.2, 0) is 15.1 Å². The van der Waals surface area contributed by atoms with Crippen LogP contribution in [0.5, 0.6) is 0 Å². The molecule has 0 radical (unpaired) electrons. The van der Waals surface area contributed by atoms with Crippen LogP contribution in [-0.4, -0.2) is 30.3 Å². The average molecular weight is 313 g/mol. The molecule has 2 rings (SSSR count). The van der Waals surface area contributed by atoms with Crippen molar-refractivity contribution in [1.82, 2.24) is 5.32 Å². The first-order valence-electron chi connectivity index (χ1n) is 7.57. The summed E-state index contributed by atoms with van der Waals surface area (Å²) in [7, 11) is 1.59. The number of hydrogen-bond acceptors (Lipinski definition) is 3. The third kappa shape index (κ3) is 3.78. The van der Waals surface area contributed by atoms with E-state index in [1.165, 1.54) is 0 Å². The Hall–Kier alpha value is -2.17. The van der Waals surface area contributed by atoms with Crippen molar-refractivity contribution in [2.75, 3.05) is 13.7 Å². The first-order chi connectivity index (χ1) is 10.9. The van der Waals surface area contributed by atoms with Crippen LogP contribution in [0, 0.1) is 0 Å². The maximum Gasteiger partial charge on any atom is 0.261 e. The first kappa shape index (κ1) is 17.2. The SMILES string of the molecule is COC(C)(C)CNC(=O)C(O)(c1ccccc1)c1ccccc1. The molecule has 0 aliphatic rings. The highest BCUT2D eigenvalue weighted by Gasteiger charge is 2.40. The van der Waals surface area contributed by atoms with E-state index in [0.717, 1.165) is 0 Å². The zero-order chi connectivity index (χ0) is 16.9. The predicted molar refractivity (Wildman–Crippen MR) is 90.0 cm³/mol. The summed E-state index contributed by atoms with van der Waals surface area (Å²) in [5, 5.41) is 14.0. The van der Waals surface area contributed by atoms with Gasteiger partial charge in [0, 0.05) is 13.7 Å². The van der Waals surface area contributed by atoms with Gasteiger partial charge in [0.2, 0.25) is 0 Å². The standard InChI is InChI=1S/C19H23NO3/c1-18(2,23-3)14-20-17(21)19(22,15-10-6-4-7-11-15)16-12-8-5-9-13-16/h4-13,22H,14H2,1-3H3,(H,20,21). The fourth-order valence-electron chi connectivity index (χ4n) is 2.28. The van der Waals surface area contributed by atoms with E-state index in [0.29, 0.717) is 17.7 Å². The Bertz CT molecular complexity index is 599. The number of ether oxygens (including phenoxy) is 1.